The summed E-state index contributed by atoms with van der Waals surface area (Å²) in [7, 11) is 0. The number of nitrogens with zero attached hydrogens (tertiary/aromatic N) is 1. The van der Waals surface area contributed by atoms with Gasteiger partial charge in [0, 0.05) is 11.6 Å². The molecule has 0 saturated heterocycles. The van der Waals surface area contributed by atoms with Crippen molar-refractivity contribution in [3.8, 4) is 0 Å². The molecule has 2 aromatic heterocycles. The third kappa shape index (κ3) is 3.56. The Balaban J connectivity index is 2.01. The second-order valence-electron chi connectivity index (χ2n) is 5.94. The van der Waals surface area contributed by atoms with Crippen molar-refractivity contribution in [2.75, 3.05) is 0 Å². The molecule has 25 heavy (non-hydrogen) atoms. The molecule has 2 N–H and O–H groups in total. The number of furan rings is 1. The Hall–Kier alpha value is -2.67. The highest BCUT2D eigenvalue weighted by atomic mass is 32.1. The Bertz CT molecular complexity index is 1020. The fourth-order valence-corrected chi connectivity index (χ4v) is 2.76. The lowest BCUT2D eigenvalue weighted by atomic mass is 10.1. The number of carbonyl (C=O) groups is 1. The predicted octanol–water partition coefficient (Wildman–Crippen LogP) is 3.23. The van der Waals surface area contributed by atoms with Crippen LogP contribution in [0.3, 0.4) is 0 Å². The molecule has 3 rings (SSSR count). The molecule has 1 atom stereocenters. The van der Waals surface area contributed by atoms with E-state index in [0.717, 1.165) is 6.42 Å². The zero-order valence-electron chi connectivity index (χ0n) is 14.0. The van der Waals surface area contributed by atoms with Crippen LogP contribution in [-0.4, -0.2) is 21.5 Å². The normalized spacial score (nSPS) is 12.2. The number of hydrogen-bond donors (Lipinski definition) is 2. The smallest absolute Gasteiger partial charge is 0.262 e. The SMILES string of the molecule is CCC(C)NC(=O)c1ccc2c(=O)n(Cc3ccco3)c(=S)[nH]c2c1. The van der Waals surface area contributed by atoms with Crippen LogP contribution in [0, 0.1) is 4.77 Å². The van der Waals surface area contributed by atoms with Gasteiger partial charge in [0.25, 0.3) is 11.5 Å². The molecule has 0 aliphatic heterocycles. The lowest BCUT2D eigenvalue weighted by molar-refractivity contribution is 0.0939. The van der Waals surface area contributed by atoms with Crippen LogP contribution in [0.4, 0.5) is 0 Å². The summed E-state index contributed by atoms with van der Waals surface area (Å²) in [5.74, 6) is 0.473. The van der Waals surface area contributed by atoms with Gasteiger partial charge in [0.1, 0.15) is 5.76 Å². The first-order chi connectivity index (χ1) is 12.0. The minimum absolute atomic E-state index is 0.0861. The van der Waals surface area contributed by atoms with Crippen molar-refractivity contribution >= 4 is 29.0 Å². The second kappa shape index (κ2) is 7.06. The van der Waals surface area contributed by atoms with Crippen LogP contribution >= 0.6 is 12.2 Å². The van der Waals surface area contributed by atoms with E-state index in [-0.39, 0.29) is 28.8 Å². The second-order valence-corrected chi connectivity index (χ2v) is 6.33. The predicted molar refractivity (Wildman–Crippen MR) is 98.4 cm³/mol. The summed E-state index contributed by atoms with van der Waals surface area (Å²) in [6, 6.07) is 8.58. The van der Waals surface area contributed by atoms with Crippen molar-refractivity contribution < 1.29 is 9.21 Å². The van der Waals surface area contributed by atoms with Gasteiger partial charge in [-0.1, -0.05) is 6.92 Å². The van der Waals surface area contributed by atoms with Gasteiger partial charge in [-0.05, 0) is 55.9 Å². The Morgan fingerprint density at radius 2 is 2.20 bits per heavy atom. The number of carbonyl (C=O) groups excluding carboxylic acids is 1. The molecule has 2 heterocycles. The summed E-state index contributed by atoms with van der Waals surface area (Å²) in [5.41, 5.74) is 0.813. The Morgan fingerprint density at radius 1 is 1.40 bits per heavy atom. The fraction of sp³-hybridized carbons (Fsp3) is 0.278. The van der Waals surface area contributed by atoms with Crippen LogP contribution in [0.2, 0.25) is 0 Å². The highest BCUT2D eigenvalue weighted by Gasteiger charge is 2.12. The zero-order valence-corrected chi connectivity index (χ0v) is 14.9. The van der Waals surface area contributed by atoms with E-state index >= 15 is 0 Å². The van der Waals surface area contributed by atoms with Crippen LogP contribution in [0.1, 0.15) is 36.4 Å². The number of hydrogen-bond acceptors (Lipinski definition) is 4. The third-order valence-electron chi connectivity index (χ3n) is 4.13. The topological polar surface area (TPSA) is 80.0 Å². The van der Waals surface area contributed by atoms with E-state index < -0.39 is 0 Å². The van der Waals surface area contributed by atoms with E-state index in [1.54, 1.807) is 36.6 Å². The van der Waals surface area contributed by atoms with E-state index in [0.29, 0.717) is 22.2 Å². The molecule has 7 heteroatoms. The summed E-state index contributed by atoms with van der Waals surface area (Å²) < 4.78 is 7.01. The van der Waals surface area contributed by atoms with Crippen LogP contribution in [0.25, 0.3) is 10.9 Å². The van der Waals surface area contributed by atoms with Gasteiger partial charge < -0.3 is 14.7 Å². The summed E-state index contributed by atoms with van der Waals surface area (Å²) in [5, 5.41) is 3.38. The van der Waals surface area contributed by atoms with E-state index in [2.05, 4.69) is 10.3 Å². The number of H-pyrrole nitrogens is 1. The number of aromatic amines is 1. The molecule has 1 unspecified atom stereocenters. The van der Waals surface area contributed by atoms with Gasteiger partial charge in [0.05, 0.1) is 23.7 Å². The lowest BCUT2D eigenvalue weighted by Crippen LogP contribution is -2.32. The standard InChI is InChI=1S/C18H19N3O3S/c1-3-11(2)19-16(22)12-6-7-14-15(9-12)20-18(25)21(17(14)23)10-13-5-4-8-24-13/h4-9,11H,3,10H2,1-2H3,(H,19,22)(H,20,25). The van der Waals surface area contributed by atoms with Gasteiger partial charge >= 0.3 is 0 Å². The monoisotopic (exact) mass is 357 g/mol. The van der Waals surface area contributed by atoms with Gasteiger partial charge in [0.15, 0.2) is 4.77 Å². The third-order valence-corrected chi connectivity index (χ3v) is 4.45. The number of aromatic nitrogens is 2. The van der Waals surface area contributed by atoms with Gasteiger partial charge in [-0.15, -0.1) is 0 Å². The number of benzene rings is 1. The first-order valence-corrected chi connectivity index (χ1v) is 8.50. The minimum Gasteiger partial charge on any atom is -0.467 e. The average molecular weight is 357 g/mol. The molecule has 0 fully saturated rings. The maximum atomic E-state index is 12.7. The molecule has 0 aliphatic rings. The summed E-state index contributed by atoms with van der Waals surface area (Å²) in [6.07, 6.45) is 2.40. The van der Waals surface area contributed by atoms with Crippen molar-refractivity contribution in [3.63, 3.8) is 0 Å². The summed E-state index contributed by atoms with van der Waals surface area (Å²) in [6.45, 7) is 4.21. The zero-order chi connectivity index (χ0) is 18.0. The van der Waals surface area contributed by atoms with Crippen molar-refractivity contribution in [3.05, 3.63) is 63.0 Å². The molecular formula is C18H19N3O3S. The van der Waals surface area contributed by atoms with Gasteiger partial charge in [-0.2, -0.15) is 0 Å². The highest BCUT2D eigenvalue weighted by Crippen LogP contribution is 2.12. The number of amides is 1. The fourth-order valence-electron chi connectivity index (χ4n) is 2.51. The molecule has 0 aliphatic carbocycles. The van der Waals surface area contributed by atoms with E-state index in [9.17, 15) is 9.59 Å². The Kier molecular flexibility index (Phi) is 4.85. The van der Waals surface area contributed by atoms with Crippen molar-refractivity contribution in [2.24, 2.45) is 0 Å². The molecule has 1 amide bonds. The highest BCUT2D eigenvalue weighted by molar-refractivity contribution is 7.71. The Morgan fingerprint density at radius 3 is 2.88 bits per heavy atom. The van der Waals surface area contributed by atoms with Gasteiger partial charge in [-0.3, -0.25) is 14.2 Å². The number of fused-ring (bicyclic) bond motifs is 1. The molecule has 1 aromatic carbocycles. The first kappa shape index (κ1) is 17.2. The van der Waals surface area contributed by atoms with E-state index in [4.69, 9.17) is 16.6 Å². The molecule has 0 spiro atoms. The molecule has 3 aromatic rings. The van der Waals surface area contributed by atoms with Gasteiger partial charge in [0.2, 0.25) is 0 Å². The molecular weight excluding hydrogens is 338 g/mol. The van der Waals surface area contributed by atoms with Crippen LogP contribution in [0.5, 0.6) is 0 Å². The van der Waals surface area contributed by atoms with Crippen LogP contribution < -0.4 is 10.9 Å². The molecule has 0 bridgehead atoms. The van der Waals surface area contributed by atoms with Crippen LogP contribution in [0.15, 0.2) is 45.8 Å². The Labute approximate surface area is 149 Å². The largest absolute Gasteiger partial charge is 0.467 e. The molecule has 6 nitrogen and oxygen atoms in total. The van der Waals surface area contributed by atoms with E-state index in [1.165, 1.54) is 4.57 Å². The summed E-state index contributed by atoms with van der Waals surface area (Å²) in [4.78, 5) is 28.0. The number of nitrogens with one attached hydrogen (secondary N) is 2. The van der Waals surface area contributed by atoms with Crippen LogP contribution in [-0.2, 0) is 6.54 Å². The van der Waals surface area contributed by atoms with Gasteiger partial charge in [-0.25, -0.2) is 0 Å². The van der Waals surface area contributed by atoms with E-state index in [1.807, 2.05) is 13.8 Å². The minimum atomic E-state index is -0.218. The maximum Gasteiger partial charge on any atom is 0.262 e. The molecule has 0 radical (unpaired) electrons. The lowest BCUT2D eigenvalue weighted by Gasteiger charge is -2.12. The molecule has 0 saturated carbocycles. The van der Waals surface area contributed by atoms with Crippen molar-refractivity contribution in [1.29, 1.82) is 0 Å². The molecule has 130 valence electrons. The maximum absolute atomic E-state index is 12.7. The first-order valence-electron chi connectivity index (χ1n) is 8.09. The quantitative estimate of drug-likeness (QED) is 0.687. The van der Waals surface area contributed by atoms with Crippen molar-refractivity contribution in [1.82, 2.24) is 14.9 Å². The number of rotatable bonds is 5. The van der Waals surface area contributed by atoms with Crippen molar-refractivity contribution in [2.45, 2.75) is 32.9 Å². The average Bonchev–Trinajstić information content (AvgIpc) is 3.11. The summed E-state index contributed by atoms with van der Waals surface area (Å²) >= 11 is 5.30.